The number of aryl methyl sites for hydroxylation is 1. The minimum absolute atomic E-state index is 0.266. The van der Waals surface area contributed by atoms with Crippen molar-refractivity contribution in [2.75, 3.05) is 17.7 Å². The molecular weight excluding hydrogens is 316 g/mol. The number of hydrogen-bond donors (Lipinski definition) is 2. The van der Waals surface area contributed by atoms with E-state index in [0.29, 0.717) is 23.8 Å². The molecule has 2 saturated carbocycles. The molecule has 25 heavy (non-hydrogen) atoms. The Morgan fingerprint density at radius 2 is 2.12 bits per heavy atom. The first kappa shape index (κ1) is 16.3. The average Bonchev–Trinajstić information content (AvgIpc) is 3.23. The molecule has 2 aromatic heterocycles. The van der Waals surface area contributed by atoms with Crippen LogP contribution in [0.2, 0.25) is 0 Å². The first-order valence-corrected chi connectivity index (χ1v) is 9.15. The molecule has 0 saturated heterocycles. The number of nitrogens with zero attached hydrogens (tertiary/aromatic N) is 4. The average molecular weight is 342 g/mol. The van der Waals surface area contributed by atoms with Crippen molar-refractivity contribution in [2.24, 2.45) is 5.41 Å². The van der Waals surface area contributed by atoms with Crippen molar-refractivity contribution < 1.29 is 4.74 Å². The molecular formula is C18H26N6O. The summed E-state index contributed by atoms with van der Waals surface area (Å²) in [5, 5.41) is 8.02. The molecule has 0 unspecified atom stereocenters. The van der Waals surface area contributed by atoms with Crippen LogP contribution in [0.1, 0.15) is 44.7 Å². The lowest BCUT2D eigenvalue weighted by Gasteiger charge is -2.54. The van der Waals surface area contributed by atoms with Gasteiger partial charge in [-0.1, -0.05) is 12.8 Å². The van der Waals surface area contributed by atoms with Crippen molar-refractivity contribution in [3.8, 4) is 5.82 Å². The number of aromatic nitrogens is 4. The van der Waals surface area contributed by atoms with Crippen molar-refractivity contribution in [3.63, 3.8) is 0 Å². The minimum atomic E-state index is 0.266. The van der Waals surface area contributed by atoms with Crippen LogP contribution in [0.5, 0.6) is 0 Å². The second kappa shape index (κ2) is 6.29. The lowest BCUT2D eigenvalue weighted by atomic mass is 9.60. The van der Waals surface area contributed by atoms with Crippen molar-refractivity contribution in [2.45, 2.75) is 58.1 Å². The van der Waals surface area contributed by atoms with Crippen LogP contribution in [-0.2, 0) is 4.74 Å². The lowest BCUT2D eigenvalue weighted by molar-refractivity contribution is -0.114. The molecule has 0 aromatic carbocycles. The smallest absolute Gasteiger partial charge is 0.161 e. The van der Waals surface area contributed by atoms with Gasteiger partial charge in [0.1, 0.15) is 18.0 Å². The zero-order chi connectivity index (χ0) is 17.4. The predicted molar refractivity (Wildman–Crippen MR) is 96.6 cm³/mol. The topological polar surface area (TPSA) is 90.9 Å². The Morgan fingerprint density at radius 3 is 2.80 bits per heavy atom. The van der Waals surface area contributed by atoms with Crippen LogP contribution in [0.4, 0.5) is 11.6 Å². The Kier molecular flexibility index (Phi) is 4.11. The van der Waals surface area contributed by atoms with Crippen LogP contribution in [-0.4, -0.2) is 38.5 Å². The Labute approximate surface area is 148 Å². The van der Waals surface area contributed by atoms with Gasteiger partial charge in [0.2, 0.25) is 0 Å². The van der Waals surface area contributed by atoms with Gasteiger partial charge in [-0.15, -0.1) is 0 Å². The quantitative estimate of drug-likeness (QED) is 0.868. The number of nitrogens with two attached hydrogens (primary N) is 1. The fourth-order valence-corrected chi connectivity index (χ4v) is 4.51. The zero-order valence-electron chi connectivity index (χ0n) is 14.9. The van der Waals surface area contributed by atoms with E-state index in [1.54, 1.807) is 11.0 Å². The maximum Gasteiger partial charge on any atom is 0.161 e. The number of nitrogen functional groups attached to an aromatic ring is 1. The summed E-state index contributed by atoms with van der Waals surface area (Å²) in [5.41, 5.74) is 7.15. The van der Waals surface area contributed by atoms with E-state index >= 15 is 0 Å². The highest BCUT2D eigenvalue weighted by atomic mass is 16.5. The summed E-state index contributed by atoms with van der Waals surface area (Å²) in [5.74, 6) is 2.09. The maximum atomic E-state index is 6.01. The Bertz CT molecular complexity index is 752. The summed E-state index contributed by atoms with van der Waals surface area (Å²) in [6.45, 7) is 4.78. The molecule has 134 valence electrons. The molecule has 2 aromatic rings. The molecule has 2 fully saturated rings. The normalized spacial score (nSPS) is 24.4. The molecule has 2 aliphatic carbocycles. The van der Waals surface area contributed by atoms with Gasteiger partial charge in [0.25, 0.3) is 0 Å². The SMILES string of the molecule is CCO[C@@H]1C[C@@H](Nc2cc(-n3nc(C)cc3N)ncn2)C12CCCC2. The summed E-state index contributed by atoms with van der Waals surface area (Å²) in [4.78, 5) is 8.72. The monoisotopic (exact) mass is 342 g/mol. The van der Waals surface area contributed by atoms with Gasteiger partial charge in [-0.05, 0) is 33.1 Å². The summed E-state index contributed by atoms with van der Waals surface area (Å²) >= 11 is 0. The molecule has 7 heteroatoms. The summed E-state index contributed by atoms with van der Waals surface area (Å²) in [7, 11) is 0. The van der Waals surface area contributed by atoms with Crippen LogP contribution in [0.25, 0.3) is 5.82 Å². The number of nitrogens with one attached hydrogen (secondary N) is 1. The summed E-state index contributed by atoms with van der Waals surface area (Å²) < 4.78 is 7.64. The molecule has 0 aliphatic heterocycles. The van der Waals surface area contributed by atoms with Gasteiger partial charge in [-0.3, -0.25) is 0 Å². The lowest BCUT2D eigenvalue weighted by Crippen LogP contribution is -2.60. The van der Waals surface area contributed by atoms with Crippen molar-refractivity contribution in [1.82, 2.24) is 19.7 Å². The molecule has 2 aliphatic rings. The van der Waals surface area contributed by atoms with E-state index in [1.807, 2.05) is 19.1 Å². The zero-order valence-corrected chi connectivity index (χ0v) is 14.9. The highest BCUT2D eigenvalue weighted by Gasteiger charge is 2.56. The van der Waals surface area contributed by atoms with Crippen molar-refractivity contribution in [3.05, 3.63) is 24.2 Å². The van der Waals surface area contributed by atoms with Gasteiger partial charge in [-0.25, -0.2) is 9.97 Å². The van der Waals surface area contributed by atoms with E-state index in [9.17, 15) is 0 Å². The van der Waals surface area contributed by atoms with Crippen LogP contribution in [0.3, 0.4) is 0 Å². The van der Waals surface area contributed by atoms with Gasteiger partial charge in [0.05, 0.1) is 11.8 Å². The fourth-order valence-electron chi connectivity index (χ4n) is 4.51. The maximum absolute atomic E-state index is 6.01. The van der Waals surface area contributed by atoms with E-state index in [4.69, 9.17) is 10.5 Å². The number of hydrogen-bond acceptors (Lipinski definition) is 6. The van der Waals surface area contributed by atoms with Crippen molar-refractivity contribution in [1.29, 1.82) is 0 Å². The molecule has 7 nitrogen and oxygen atoms in total. The van der Waals surface area contributed by atoms with Gasteiger partial charge < -0.3 is 15.8 Å². The molecule has 2 heterocycles. The third-order valence-electron chi connectivity index (χ3n) is 5.74. The highest BCUT2D eigenvalue weighted by Crippen LogP contribution is 2.55. The predicted octanol–water partition coefficient (Wildman–Crippen LogP) is 2.70. The van der Waals surface area contributed by atoms with E-state index in [1.165, 1.54) is 25.7 Å². The van der Waals surface area contributed by atoms with E-state index in [2.05, 4.69) is 27.3 Å². The highest BCUT2D eigenvalue weighted by molar-refractivity contribution is 5.46. The first-order valence-electron chi connectivity index (χ1n) is 9.15. The number of anilines is 2. The second-order valence-corrected chi connectivity index (χ2v) is 7.20. The molecule has 3 N–H and O–H groups in total. The summed E-state index contributed by atoms with van der Waals surface area (Å²) in [6, 6.07) is 4.16. The van der Waals surface area contributed by atoms with Gasteiger partial charge >= 0.3 is 0 Å². The van der Waals surface area contributed by atoms with E-state index in [-0.39, 0.29) is 5.41 Å². The fraction of sp³-hybridized carbons (Fsp3) is 0.611. The van der Waals surface area contributed by atoms with Crippen molar-refractivity contribution >= 4 is 11.6 Å². The first-order chi connectivity index (χ1) is 12.1. The number of rotatable bonds is 5. The molecule has 1 spiro atoms. The van der Waals surface area contributed by atoms with Gasteiger partial charge in [-0.2, -0.15) is 9.78 Å². The molecule has 0 bridgehead atoms. The van der Waals surface area contributed by atoms with Gasteiger partial charge in [0.15, 0.2) is 5.82 Å². The van der Waals surface area contributed by atoms with E-state index < -0.39 is 0 Å². The minimum Gasteiger partial charge on any atom is -0.384 e. The standard InChI is InChI=1S/C18H26N6O/c1-3-25-14-9-13(18(14)6-4-5-7-18)22-16-10-17(21-11-20-16)24-15(19)8-12(2)23-24/h8,10-11,13-14H,3-7,9,19H2,1-2H3,(H,20,21,22)/t13-,14-/m1/s1. The van der Waals surface area contributed by atoms with Crippen LogP contribution in [0, 0.1) is 12.3 Å². The number of ether oxygens (including phenoxy) is 1. The summed E-state index contributed by atoms with van der Waals surface area (Å²) in [6.07, 6.45) is 8.03. The Balaban J connectivity index is 1.54. The van der Waals surface area contributed by atoms with E-state index in [0.717, 1.165) is 24.5 Å². The van der Waals surface area contributed by atoms with Crippen LogP contribution >= 0.6 is 0 Å². The third-order valence-corrected chi connectivity index (χ3v) is 5.74. The Morgan fingerprint density at radius 1 is 1.32 bits per heavy atom. The molecule has 0 amide bonds. The van der Waals surface area contributed by atoms with Gasteiger partial charge in [0, 0.05) is 30.2 Å². The third kappa shape index (κ3) is 2.76. The molecule has 2 atom stereocenters. The van der Waals surface area contributed by atoms with Crippen LogP contribution < -0.4 is 11.1 Å². The molecule has 4 rings (SSSR count). The second-order valence-electron chi connectivity index (χ2n) is 7.20. The van der Waals surface area contributed by atoms with Crippen LogP contribution in [0.15, 0.2) is 18.5 Å². The molecule has 0 radical (unpaired) electrons. The Hall–Kier alpha value is -2.15. The largest absolute Gasteiger partial charge is 0.384 e.